The van der Waals surface area contributed by atoms with Crippen LogP contribution in [0.25, 0.3) is 0 Å². The van der Waals surface area contributed by atoms with Gasteiger partial charge in [0.1, 0.15) is 22.7 Å². The van der Waals surface area contributed by atoms with Crippen LogP contribution in [0.4, 0.5) is 35.1 Å². The Morgan fingerprint density at radius 2 is 1.61 bits per heavy atom. The third-order valence-corrected chi connectivity index (χ3v) is 11.6. The molecule has 240 valence electrons. The molecule has 44 heavy (non-hydrogen) atoms. The lowest BCUT2D eigenvalue weighted by Gasteiger charge is -2.43. The smallest absolute Gasteiger partial charge is 0.372 e. The molecule has 0 unspecified atom stereocenters. The molecule has 7 nitrogen and oxygen atoms in total. The normalized spacial score (nSPS) is 26.1. The predicted molar refractivity (Wildman–Crippen MR) is 137 cm³/mol. The molecule has 0 saturated carbocycles. The van der Waals surface area contributed by atoms with Crippen molar-refractivity contribution < 1.29 is 57.9 Å². The number of nitrogens with zero attached hydrogens (tertiary/aromatic N) is 2. The van der Waals surface area contributed by atoms with Crippen molar-refractivity contribution in [3.8, 4) is 0 Å². The first-order chi connectivity index (χ1) is 20.3. The number of ether oxygens (including phenoxy) is 1. The first-order valence-corrected chi connectivity index (χ1v) is 14.9. The third kappa shape index (κ3) is 4.42. The van der Waals surface area contributed by atoms with Gasteiger partial charge in [0.2, 0.25) is 5.91 Å². The summed E-state index contributed by atoms with van der Waals surface area (Å²) in [6, 6.07) is 2.87. The first-order valence-electron chi connectivity index (χ1n) is 13.4. The van der Waals surface area contributed by atoms with Crippen LogP contribution in [-0.4, -0.2) is 81.3 Å². The van der Waals surface area contributed by atoms with Gasteiger partial charge in [0.25, 0.3) is 5.91 Å². The molecule has 5 rings (SSSR count). The molecular formula is C28H26F8N2O5S. The van der Waals surface area contributed by atoms with Crippen LogP contribution in [0.3, 0.4) is 0 Å². The lowest BCUT2D eigenvalue weighted by atomic mass is 9.76. The summed E-state index contributed by atoms with van der Waals surface area (Å²) in [5.74, 6) is -1.85. The van der Waals surface area contributed by atoms with Crippen LogP contribution in [0.2, 0.25) is 0 Å². The maximum atomic E-state index is 15.0. The van der Waals surface area contributed by atoms with E-state index in [0.29, 0.717) is 6.07 Å². The third-order valence-electron chi connectivity index (χ3n) is 9.05. The van der Waals surface area contributed by atoms with Crippen molar-refractivity contribution in [2.24, 2.45) is 0 Å². The highest BCUT2D eigenvalue weighted by atomic mass is 32.2. The largest absolute Gasteiger partial charge is 0.435 e. The van der Waals surface area contributed by atoms with Gasteiger partial charge >= 0.3 is 18.0 Å². The molecule has 0 aromatic heterocycles. The Bertz CT molecular complexity index is 1580. The van der Waals surface area contributed by atoms with E-state index >= 15 is 0 Å². The van der Waals surface area contributed by atoms with Crippen molar-refractivity contribution in [3.63, 3.8) is 0 Å². The molecule has 2 saturated heterocycles. The van der Waals surface area contributed by atoms with Crippen molar-refractivity contribution in [3.05, 3.63) is 65.0 Å². The topological polar surface area (TPSA) is 84.0 Å². The number of amides is 2. The number of rotatable bonds is 5. The van der Waals surface area contributed by atoms with Crippen molar-refractivity contribution in [1.82, 2.24) is 9.80 Å². The number of aryl methyl sites for hydroxylation is 1. The molecule has 16 heteroatoms. The van der Waals surface area contributed by atoms with E-state index in [9.17, 15) is 53.1 Å². The number of fused-ring (bicyclic) bond motifs is 3. The lowest BCUT2D eigenvalue weighted by Crippen LogP contribution is -2.55. The molecule has 2 amide bonds. The average Bonchev–Trinajstić information content (AvgIpc) is 3.49. The first kappa shape index (κ1) is 32.1. The zero-order valence-corrected chi connectivity index (χ0v) is 24.0. The van der Waals surface area contributed by atoms with Gasteiger partial charge in [-0.3, -0.25) is 9.59 Å². The summed E-state index contributed by atoms with van der Waals surface area (Å²) < 4.78 is 142. The minimum atomic E-state index is -6.38. The SMILES string of the molecule is CO[C@H]1C[C@@H](C(=O)N2CC[C@@]3(S(=O)(=O)c4ccc(F)cc4)c4ccc(C(F)(C(F)(F)F)C(F)(F)F)cc4CC[C@@H]23)N(C)C1=O. The quantitative estimate of drug-likeness (QED) is 0.349. The number of halogens is 8. The Labute approximate surface area is 246 Å². The number of likely N-dealkylation sites (N-methyl/N-ethyl adjacent to an activating group) is 1. The number of methoxy groups -OCH3 is 1. The maximum Gasteiger partial charge on any atom is 0.435 e. The average molecular weight is 655 g/mol. The molecule has 0 spiro atoms. The van der Waals surface area contributed by atoms with Crippen molar-refractivity contribution in [2.45, 2.75) is 71.5 Å². The Kier molecular flexibility index (Phi) is 7.59. The fourth-order valence-electron chi connectivity index (χ4n) is 6.82. The van der Waals surface area contributed by atoms with E-state index in [2.05, 4.69) is 0 Å². The summed E-state index contributed by atoms with van der Waals surface area (Å²) in [5.41, 5.74) is -7.94. The lowest BCUT2D eigenvalue weighted by molar-refractivity contribution is -0.348. The van der Waals surface area contributed by atoms with E-state index in [1.54, 1.807) is 0 Å². The summed E-state index contributed by atoms with van der Waals surface area (Å²) in [6.07, 6.45) is -14.5. The van der Waals surface area contributed by atoms with Crippen LogP contribution < -0.4 is 0 Å². The molecule has 2 heterocycles. The van der Waals surface area contributed by atoms with E-state index in [1.165, 1.54) is 24.0 Å². The molecule has 3 aliphatic rings. The van der Waals surface area contributed by atoms with Crippen LogP contribution in [0.5, 0.6) is 0 Å². The summed E-state index contributed by atoms with van der Waals surface area (Å²) in [6.45, 7) is -0.195. The highest BCUT2D eigenvalue weighted by Gasteiger charge is 2.74. The maximum absolute atomic E-state index is 15.0. The van der Waals surface area contributed by atoms with Crippen LogP contribution in [0, 0.1) is 5.82 Å². The zero-order valence-electron chi connectivity index (χ0n) is 23.2. The number of carbonyl (C=O) groups excluding carboxylic acids is 2. The van der Waals surface area contributed by atoms with Crippen molar-refractivity contribution >= 4 is 21.7 Å². The number of benzene rings is 2. The Morgan fingerprint density at radius 1 is 1.00 bits per heavy atom. The molecule has 0 N–H and O–H groups in total. The Balaban J connectivity index is 1.67. The number of carbonyl (C=O) groups is 2. The molecule has 0 bridgehead atoms. The highest BCUT2D eigenvalue weighted by molar-refractivity contribution is 7.92. The van der Waals surface area contributed by atoms with E-state index in [1.807, 2.05) is 0 Å². The molecule has 2 fully saturated rings. The van der Waals surface area contributed by atoms with Crippen LogP contribution in [-0.2, 0) is 41.0 Å². The van der Waals surface area contributed by atoms with Gasteiger partial charge in [0, 0.05) is 32.7 Å². The second-order valence-corrected chi connectivity index (χ2v) is 13.3. The second kappa shape index (κ2) is 10.4. The molecule has 2 aromatic rings. The minimum absolute atomic E-state index is 0.0288. The number of sulfone groups is 1. The molecular weight excluding hydrogens is 628 g/mol. The van der Waals surface area contributed by atoms with E-state index in [0.717, 1.165) is 30.3 Å². The second-order valence-electron chi connectivity index (χ2n) is 11.1. The predicted octanol–water partition coefficient (Wildman–Crippen LogP) is 4.58. The van der Waals surface area contributed by atoms with Crippen molar-refractivity contribution in [2.75, 3.05) is 20.7 Å². The summed E-state index contributed by atoms with van der Waals surface area (Å²) in [5, 5.41) is 0. The monoisotopic (exact) mass is 654 g/mol. The van der Waals surface area contributed by atoms with E-state index in [4.69, 9.17) is 4.74 Å². The molecule has 0 radical (unpaired) electrons. The van der Waals surface area contributed by atoms with Crippen molar-refractivity contribution in [1.29, 1.82) is 0 Å². The van der Waals surface area contributed by atoms with Gasteiger partial charge in [-0.25, -0.2) is 17.2 Å². The van der Waals surface area contributed by atoms with Crippen LogP contribution in [0.15, 0.2) is 47.4 Å². The van der Waals surface area contributed by atoms with Crippen LogP contribution >= 0.6 is 0 Å². The van der Waals surface area contributed by atoms with Gasteiger partial charge in [-0.05, 0) is 54.7 Å². The highest BCUT2D eigenvalue weighted by Crippen LogP contribution is 2.57. The van der Waals surface area contributed by atoms with E-state index in [-0.39, 0.29) is 49.4 Å². The number of hydrogen-bond donors (Lipinski definition) is 0. The zero-order chi connectivity index (χ0) is 32.6. The summed E-state index contributed by atoms with van der Waals surface area (Å²) >= 11 is 0. The Morgan fingerprint density at radius 3 is 2.16 bits per heavy atom. The number of likely N-dealkylation sites (tertiary alicyclic amines) is 2. The Hall–Kier alpha value is -3.27. The standard InChI is InChI=1S/C28H26F8N2O5S/c1-37-20(14-21(43-2)24(37)40)23(39)38-12-11-25(44(41,42)18-7-5-17(29)6-8-18)19-9-4-16(13-15(19)3-10-22(25)38)26(30,27(31,32)33)28(34,35)36/h4-9,13,20-22H,3,10-12,14H2,1-2H3/t20-,21-,22+,25+/m0/s1. The molecule has 1 aliphatic carbocycles. The summed E-state index contributed by atoms with van der Waals surface area (Å²) in [7, 11) is -1.96. The van der Waals surface area contributed by atoms with Gasteiger partial charge in [-0.2, -0.15) is 26.3 Å². The van der Waals surface area contributed by atoms with Gasteiger partial charge in [-0.1, -0.05) is 18.2 Å². The summed E-state index contributed by atoms with van der Waals surface area (Å²) in [4.78, 5) is 28.4. The number of hydrogen-bond acceptors (Lipinski definition) is 5. The van der Waals surface area contributed by atoms with Gasteiger partial charge in [-0.15, -0.1) is 0 Å². The number of alkyl halides is 7. The minimum Gasteiger partial charge on any atom is -0.372 e. The molecule has 2 aliphatic heterocycles. The van der Waals surface area contributed by atoms with E-state index < -0.39 is 78.9 Å². The van der Waals surface area contributed by atoms with Gasteiger partial charge < -0.3 is 14.5 Å². The fourth-order valence-corrected chi connectivity index (χ4v) is 9.18. The fraction of sp³-hybridized carbons (Fsp3) is 0.500. The molecule has 2 aromatic carbocycles. The molecule has 4 atom stereocenters. The van der Waals surface area contributed by atoms with Gasteiger partial charge in [0.15, 0.2) is 9.84 Å². The van der Waals surface area contributed by atoms with Crippen LogP contribution in [0.1, 0.15) is 36.0 Å². The van der Waals surface area contributed by atoms with Gasteiger partial charge in [0.05, 0.1) is 10.9 Å².